The molecule has 3 heterocycles. The molecule has 6 aromatic carbocycles. The highest BCUT2D eigenvalue weighted by Crippen LogP contribution is 2.52. The van der Waals surface area contributed by atoms with Gasteiger partial charge < -0.3 is 4.42 Å². The third-order valence-electron chi connectivity index (χ3n) is 10.6. The predicted molar refractivity (Wildman–Crippen MR) is 212 cm³/mol. The van der Waals surface area contributed by atoms with E-state index in [9.17, 15) is 0 Å². The van der Waals surface area contributed by atoms with Crippen LogP contribution >= 0.6 is 0 Å². The normalized spacial score (nSPS) is 13.0. The monoisotopic (exact) mass is 667 g/mol. The van der Waals surface area contributed by atoms with Gasteiger partial charge in [0.25, 0.3) is 0 Å². The molecule has 246 valence electrons. The fourth-order valence-corrected chi connectivity index (χ4v) is 8.06. The molecule has 0 bridgehead atoms. The number of furan rings is 1. The summed E-state index contributed by atoms with van der Waals surface area (Å²) in [6.45, 7) is 4.64. The Morgan fingerprint density at radius 3 is 2.02 bits per heavy atom. The first kappa shape index (κ1) is 30.2. The number of hydrogen-bond acceptors (Lipinski definition) is 4. The number of nitrogens with zero attached hydrogens (tertiary/aromatic N) is 3. The van der Waals surface area contributed by atoms with Gasteiger partial charge in [0.05, 0.1) is 17.1 Å². The molecule has 0 aliphatic heterocycles. The van der Waals surface area contributed by atoms with Crippen LogP contribution in [0.2, 0.25) is 0 Å². The molecule has 3 aromatic heterocycles. The number of benzene rings is 6. The van der Waals surface area contributed by atoms with Crippen LogP contribution in [0.5, 0.6) is 0 Å². The van der Waals surface area contributed by atoms with Gasteiger partial charge >= 0.3 is 0 Å². The number of para-hydroxylation sites is 1. The lowest BCUT2D eigenvalue weighted by atomic mass is 9.82. The Morgan fingerprint density at radius 2 is 1.13 bits per heavy atom. The third kappa shape index (κ3) is 4.72. The van der Waals surface area contributed by atoms with Crippen LogP contribution in [0.3, 0.4) is 0 Å². The van der Waals surface area contributed by atoms with Crippen LogP contribution in [-0.2, 0) is 5.41 Å². The molecule has 0 spiro atoms. The molecule has 1 aliphatic rings. The van der Waals surface area contributed by atoms with Crippen molar-refractivity contribution in [1.82, 2.24) is 15.0 Å². The topological polar surface area (TPSA) is 51.8 Å². The maximum Gasteiger partial charge on any atom is 0.160 e. The highest BCUT2D eigenvalue weighted by Gasteiger charge is 2.37. The van der Waals surface area contributed by atoms with Crippen LogP contribution in [-0.4, -0.2) is 15.0 Å². The minimum atomic E-state index is -0.0796. The molecule has 0 fully saturated rings. The van der Waals surface area contributed by atoms with Crippen LogP contribution < -0.4 is 0 Å². The van der Waals surface area contributed by atoms with Crippen molar-refractivity contribution in [3.8, 4) is 67.4 Å². The minimum absolute atomic E-state index is 0.0796. The SMILES string of the molecule is CC1(C)c2ccccc2-c2c(-c3ncccc3-c3ccc(-c4cc(-c5cccc6oc7ccccc7c56)nc(-c5ccccc5)n4)cc3)cccc21. The highest BCUT2D eigenvalue weighted by molar-refractivity contribution is 6.12. The van der Waals surface area contributed by atoms with Gasteiger partial charge in [-0.25, -0.2) is 9.97 Å². The fraction of sp³-hybridized carbons (Fsp3) is 0.0625. The number of pyridine rings is 1. The van der Waals surface area contributed by atoms with Gasteiger partial charge in [-0.3, -0.25) is 4.98 Å². The van der Waals surface area contributed by atoms with E-state index in [1.54, 1.807) is 0 Å². The van der Waals surface area contributed by atoms with Crippen molar-refractivity contribution in [1.29, 1.82) is 0 Å². The zero-order valence-corrected chi connectivity index (χ0v) is 28.8. The molecule has 10 rings (SSSR count). The summed E-state index contributed by atoms with van der Waals surface area (Å²) in [6, 6.07) is 55.0. The van der Waals surface area contributed by atoms with E-state index >= 15 is 0 Å². The van der Waals surface area contributed by atoms with E-state index in [-0.39, 0.29) is 5.41 Å². The average Bonchev–Trinajstić information content (AvgIpc) is 3.70. The number of aromatic nitrogens is 3. The van der Waals surface area contributed by atoms with Crippen LogP contribution in [0.1, 0.15) is 25.0 Å². The molecule has 4 heteroatoms. The first-order chi connectivity index (χ1) is 25.5. The number of fused-ring (bicyclic) bond motifs is 6. The first-order valence-corrected chi connectivity index (χ1v) is 17.7. The van der Waals surface area contributed by atoms with Crippen molar-refractivity contribution < 1.29 is 4.42 Å². The lowest BCUT2D eigenvalue weighted by Crippen LogP contribution is -2.14. The van der Waals surface area contributed by atoms with E-state index in [0.717, 1.165) is 72.4 Å². The van der Waals surface area contributed by atoms with Gasteiger partial charge in [-0.1, -0.05) is 147 Å². The average molecular weight is 668 g/mol. The lowest BCUT2D eigenvalue weighted by Gasteiger charge is -2.21. The molecule has 0 amide bonds. The summed E-state index contributed by atoms with van der Waals surface area (Å²) >= 11 is 0. The van der Waals surface area contributed by atoms with Crippen LogP contribution in [0.25, 0.3) is 89.4 Å². The van der Waals surface area contributed by atoms with Gasteiger partial charge in [0.1, 0.15) is 11.2 Å². The summed E-state index contributed by atoms with van der Waals surface area (Å²) in [7, 11) is 0. The van der Waals surface area contributed by atoms with Crippen molar-refractivity contribution in [2.75, 3.05) is 0 Å². The fourth-order valence-electron chi connectivity index (χ4n) is 8.06. The quantitative estimate of drug-likeness (QED) is 0.183. The Morgan fingerprint density at radius 1 is 0.481 bits per heavy atom. The molecule has 4 nitrogen and oxygen atoms in total. The standard InChI is InChI=1S/C48H33N3O/c1-48(2)38-20-8-6-15-34(38)44-37(18-10-21-39(44)48)46-33(19-12-28-49-46)30-24-26-31(27-25-30)40-29-41(51-47(50-40)32-13-4-3-5-14-32)35-17-11-23-43-45(35)36-16-7-9-22-42(36)52-43/h3-29H,1-2H3. The molecular weight excluding hydrogens is 635 g/mol. The Bertz CT molecular complexity index is 2810. The van der Waals surface area contributed by atoms with E-state index in [4.69, 9.17) is 19.4 Å². The molecular formula is C48H33N3O. The maximum absolute atomic E-state index is 6.24. The summed E-state index contributed by atoms with van der Waals surface area (Å²) < 4.78 is 6.24. The summed E-state index contributed by atoms with van der Waals surface area (Å²) in [5.41, 5.74) is 15.9. The van der Waals surface area contributed by atoms with Crippen LogP contribution in [0, 0.1) is 0 Å². The lowest BCUT2D eigenvalue weighted by molar-refractivity contribution is 0.660. The Kier molecular flexibility index (Phi) is 6.80. The van der Waals surface area contributed by atoms with Gasteiger partial charge in [0.2, 0.25) is 0 Å². The molecule has 0 saturated carbocycles. The zero-order valence-electron chi connectivity index (χ0n) is 28.8. The second-order valence-corrected chi connectivity index (χ2v) is 14.0. The van der Waals surface area contributed by atoms with E-state index < -0.39 is 0 Å². The van der Waals surface area contributed by atoms with Gasteiger partial charge in [-0.2, -0.15) is 0 Å². The zero-order chi connectivity index (χ0) is 34.8. The van der Waals surface area contributed by atoms with Crippen molar-refractivity contribution in [2.24, 2.45) is 0 Å². The Hall–Kier alpha value is -6.65. The van der Waals surface area contributed by atoms with Crippen LogP contribution in [0.15, 0.2) is 168 Å². The van der Waals surface area contributed by atoms with E-state index in [0.29, 0.717) is 5.82 Å². The summed E-state index contributed by atoms with van der Waals surface area (Å²) in [6.07, 6.45) is 1.90. The van der Waals surface area contributed by atoms with Crippen LogP contribution in [0.4, 0.5) is 0 Å². The van der Waals surface area contributed by atoms with Gasteiger partial charge in [-0.05, 0) is 52.1 Å². The van der Waals surface area contributed by atoms with Crippen molar-refractivity contribution in [2.45, 2.75) is 19.3 Å². The molecule has 0 saturated heterocycles. The van der Waals surface area contributed by atoms with Gasteiger partial charge in [0, 0.05) is 50.2 Å². The van der Waals surface area contributed by atoms with E-state index in [1.807, 2.05) is 54.7 Å². The van der Waals surface area contributed by atoms with Crippen molar-refractivity contribution in [3.05, 3.63) is 175 Å². The molecule has 1 aliphatic carbocycles. The smallest absolute Gasteiger partial charge is 0.160 e. The summed E-state index contributed by atoms with van der Waals surface area (Å²) in [5, 5.41) is 2.13. The molecule has 0 radical (unpaired) electrons. The molecule has 52 heavy (non-hydrogen) atoms. The second kappa shape index (κ2) is 11.7. The second-order valence-electron chi connectivity index (χ2n) is 14.0. The number of hydrogen-bond donors (Lipinski definition) is 0. The molecule has 0 N–H and O–H groups in total. The Balaban J connectivity index is 1.10. The van der Waals surface area contributed by atoms with Gasteiger partial charge in [-0.15, -0.1) is 0 Å². The van der Waals surface area contributed by atoms with Crippen molar-refractivity contribution in [3.63, 3.8) is 0 Å². The Labute approximate surface area is 302 Å². The third-order valence-corrected chi connectivity index (χ3v) is 10.6. The highest BCUT2D eigenvalue weighted by atomic mass is 16.3. The van der Waals surface area contributed by atoms with Gasteiger partial charge in [0.15, 0.2) is 5.82 Å². The molecule has 0 atom stereocenters. The summed E-state index contributed by atoms with van der Waals surface area (Å²) in [4.78, 5) is 15.3. The first-order valence-electron chi connectivity index (χ1n) is 17.7. The molecule has 0 unspecified atom stereocenters. The van der Waals surface area contributed by atoms with Crippen molar-refractivity contribution >= 4 is 21.9 Å². The predicted octanol–water partition coefficient (Wildman–Crippen LogP) is 12.4. The maximum atomic E-state index is 6.24. The number of rotatable bonds is 5. The minimum Gasteiger partial charge on any atom is -0.456 e. The largest absolute Gasteiger partial charge is 0.456 e. The molecule has 9 aromatic rings. The van der Waals surface area contributed by atoms with E-state index in [2.05, 4.69) is 123 Å². The van der Waals surface area contributed by atoms with E-state index in [1.165, 1.54) is 22.3 Å². The summed E-state index contributed by atoms with van der Waals surface area (Å²) in [5.74, 6) is 0.678.